The molecule has 0 unspecified atom stereocenters. The summed E-state index contributed by atoms with van der Waals surface area (Å²) in [6.07, 6.45) is 0.623. The van der Waals surface area contributed by atoms with Gasteiger partial charge in [-0.15, -0.1) is 0 Å². The van der Waals surface area contributed by atoms with Crippen molar-refractivity contribution in [3.63, 3.8) is 0 Å². The van der Waals surface area contributed by atoms with E-state index in [1.54, 1.807) is 36.4 Å². The number of benzene rings is 2. The Labute approximate surface area is 167 Å². The highest BCUT2D eigenvalue weighted by atomic mass is 35.5. The minimum atomic E-state index is -0.475. The molecular weight excluding hydrogens is 380 g/mol. The molecule has 0 bridgehead atoms. The number of urea groups is 1. The van der Waals surface area contributed by atoms with Crippen LogP contribution in [-0.2, 0) is 11.3 Å². The van der Waals surface area contributed by atoms with E-state index in [4.69, 9.17) is 16.3 Å². The SMILES string of the molecule is CCOCCCn1c(NC(=O)Nc2cccc(Cl)c2)c2ccccc2nc1=O. The Hall–Kier alpha value is -2.90. The van der Waals surface area contributed by atoms with E-state index < -0.39 is 11.7 Å². The van der Waals surface area contributed by atoms with Crippen molar-refractivity contribution in [2.75, 3.05) is 23.8 Å². The van der Waals surface area contributed by atoms with Gasteiger partial charge >= 0.3 is 11.7 Å². The first-order chi connectivity index (χ1) is 13.6. The smallest absolute Gasteiger partial charge is 0.349 e. The van der Waals surface area contributed by atoms with Crippen molar-refractivity contribution in [2.45, 2.75) is 19.9 Å². The van der Waals surface area contributed by atoms with Crippen LogP contribution in [0.5, 0.6) is 0 Å². The monoisotopic (exact) mass is 400 g/mol. The number of anilines is 2. The van der Waals surface area contributed by atoms with Crippen LogP contribution >= 0.6 is 11.6 Å². The normalized spacial score (nSPS) is 10.8. The minimum absolute atomic E-state index is 0.378. The third-order valence-corrected chi connectivity index (χ3v) is 4.30. The summed E-state index contributed by atoms with van der Waals surface area (Å²) in [6, 6.07) is 13.5. The van der Waals surface area contributed by atoms with Gasteiger partial charge in [0.25, 0.3) is 0 Å². The van der Waals surface area contributed by atoms with E-state index in [1.165, 1.54) is 4.57 Å². The summed E-state index contributed by atoms with van der Waals surface area (Å²) in [4.78, 5) is 29.2. The number of ether oxygens (including phenoxy) is 1. The van der Waals surface area contributed by atoms with Crippen molar-refractivity contribution in [3.05, 3.63) is 64.0 Å². The number of amides is 2. The van der Waals surface area contributed by atoms with Crippen molar-refractivity contribution in [1.29, 1.82) is 0 Å². The van der Waals surface area contributed by atoms with Crippen LogP contribution in [0, 0.1) is 0 Å². The van der Waals surface area contributed by atoms with Crippen molar-refractivity contribution in [2.24, 2.45) is 0 Å². The molecular formula is C20H21ClN4O3. The number of para-hydroxylation sites is 1. The van der Waals surface area contributed by atoms with Gasteiger partial charge in [-0.2, -0.15) is 4.98 Å². The Morgan fingerprint density at radius 2 is 2.00 bits per heavy atom. The summed E-state index contributed by atoms with van der Waals surface area (Å²) in [5, 5.41) is 6.71. The van der Waals surface area contributed by atoms with Crippen LogP contribution in [0.25, 0.3) is 10.9 Å². The zero-order valence-corrected chi connectivity index (χ0v) is 16.2. The molecule has 0 atom stereocenters. The maximum atomic E-state index is 12.6. The number of hydrogen-bond acceptors (Lipinski definition) is 4. The van der Waals surface area contributed by atoms with Gasteiger partial charge in [-0.05, 0) is 43.7 Å². The predicted molar refractivity (Wildman–Crippen MR) is 111 cm³/mol. The van der Waals surface area contributed by atoms with Crippen molar-refractivity contribution >= 4 is 40.0 Å². The molecule has 2 amide bonds. The van der Waals surface area contributed by atoms with E-state index in [0.717, 1.165) is 0 Å². The largest absolute Gasteiger partial charge is 0.382 e. The lowest BCUT2D eigenvalue weighted by Crippen LogP contribution is -2.30. The van der Waals surface area contributed by atoms with Crippen molar-refractivity contribution in [3.8, 4) is 0 Å². The molecule has 0 fully saturated rings. The Balaban J connectivity index is 1.90. The molecule has 0 spiro atoms. The molecule has 7 nitrogen and oxygen atoms in total. The molecule has 0 aliphatic carbocycles. The second kappa shape index (κ2) is 9.34. The Morgan fingerprint density at radius 3 is 2.79 bits per heavy atom. The standard InChI is InChI=1S/C20H21ClN4O3/c1-2-28-12-6-11-25-18(16-9-3-4-10-17(16)23-20(25)27)24-19(26)22-15-8-5-7-14(21)13-15/h3-5,7-10,13H,2,6,11-12H2,1H3,(H2,22,24,26). The lowest BCUT2D eigenvalue weighted by molar-refractivity contribution is 0.141. The van der Waals surface area contributed by atoms with E-state index in [9.17, 15) is 9.59 Å². The summed E-state index contributed by atoms with van der Waals surface area (Å²) < 4.78 is 6.80. The zero-order valence-electron chi connectivity index (χ0n) is 15.4. The number of fused-ring (bicyclic) bond motifs is 1. The van der Waals surface area contributed by atoms with Gasteiger partial charge in [0.05, 0.1) is 5.52 Å². The molecule has 2 aromatic carbocycles. The first-order valence-corrected chi connectivity index (χ1v) is 9.37. The van der Waals surface area contributed by atoms with Crippen LogP contribution < -0.4 is 16.3 Å². The van der Waals surface area contributed by atoms with Crippen LogP contribution in [0.4, 0.5) is 16.3 Å². The van der Waals surface area contributed by atoms with Crippen molar-refractivity contribution < 1.29 is 9.53 Å². The highest BCUT2D eigenvalue weighted by molar-refractivity contribution is 6.30. The van der Waals surface area contributed by atoms with Gasteiger partial charge in [0, 0.05) is 35.9 Å². The zero-order chi connectivity index (χ0) is 19.9. The highest BCUT2D eigenvalue weighted by Gasteiger charge is 2.14. The summed E-state index contributed by atoms with van der Waals surface area (Å²) >= 11 is 5.96. The van der Waals surface area contributed by atoms with Crippen LogP contribution in [-0.4, -0.2) is 28.8 Å². The summed E-state index contributed by atoms with van der Waals surface area (Å²) in [7, 11) is 0. The maximum absolute atomic E-state index is 12.6. The third-order valence-electron chi connectivity index (χ3n) is 4.07. The van der Waals surface area contributed by atoms with Gasteiger partial charge in [-0.1, -0.05) is 29.8 Å². The molecule has 2 N–H and O–H groups in total. The molecule has 28 heavy (non-hydrogen) atoms. The maximum Gasteiger partial charge on any atom is 0.349 e. The average Bonchev–Trinajstić information content (AvgIpc) is 2.67. The molecule has 8 heteroatoms. The summed E-state index contributed by atoms with van der Waals surface area (Å²) in [5.74, 6) is 0.395. The summed E-state index contributed by atoms with van der Waals surface area (Å²) in [6.45, 7) is 3.42. The van der Waals surface area contributed by atoms with Gasteiger partial charge in [0.1, 0.15) is 5.82 Å². The minimum Gasteiger partial charge on any atom is -0.382 e. The molecule has 1 aromatic heterocycles. The van der Waals surface area contributed by atoms with Crippen molar-refractivity contribution in [1.82, 2.24) is 9.55 Å². The van der Waals surface area contributed by atoms with Gasteiger partial charge in [0.15, 0.2) is 0 Å². The molecule has 1 heterocycles. The first-order valence-electron chi connectivity index (χ1n) is 8.99. The van der Waals surface area contributed by atoms with E-state index in [1.807, 2.05) is 19.1 Å². The second-order valence-corrected chi connectivity index (χ2v) is 6.49. The average molecular weight is 401 g/mol. The van der Waals surface area contributed by atoms with Crippen LogP contribution in [0.1, 0.15) is 13.3 Å². The van der Waals surface area contributed by atoms with Crippen LogP contribution in [0.2, 0.25) is 5.02 Å². The Kier molecular flexibility index (Phi) is 6.62. The van der Waals surface area contributed by atoms with Crippen LogP contribution in [0.3, 0.4) is 0 Å². The van der Waals surface area contributed by atoms with E-state index >= 15 is 0 Å². The molecule has 0 aliphatic heterocycles. The van der Waals surface area contributed by atoms with E-state index in [-0.39, 0.29) is 0 Å². The Morgan fingerprint density at radius 1 is 1.18 bits per heavy atom. The highest BCUT2D eigenvalue weighted by Crippen LogP contribution is 2.21. The van der Waals surface area contributed by atoms with Gasteiger partial charge in [-0.3, -0.25) is 9.88 Å². The van der Waals surface area contributed by atoms with Gasteiger partial charge in [0.2, 0.25) is 0 Å². The second-order valence-electron chi connectivity index (χ2n) is 6.05. The molecule has 146 valence electrons. The fourth-order valence-electron chi connectivity index (χ4n) is 2.82. The fraction of sp³-hybridized carbons (Fsp3) is 0.250. The number of nitrogens with zero attached hydrogens (tertiary/aromatic N) is 2. The molecule has 0 saturated heterocycles. The fourth-order valence-corrected chi connectivity index (χ4v) is 3.01. The molecule has 0 saturated carbocycles. The third kappa shape index (κ3) is 4.88. The quantitative estimate of drug-likeness (QED) is 0.584. The Bertz CT molecular complexity index is 1040. The topological polar surface area (TPSA) is 85.2 Å². The van der Waals surface area contributed by atoms with Gasteiger partial charge < -0.3 is 10.1 Å². The van der Waals surface area contributed by atoms with E-state index in [0.29, 0.717) is 53.6 Å². The lowest BCUT2D eigenvalue weighted by Gasteiger charge is -2.16. The number of carbonyl (C=O) groups is 1. The number of nitrogens with one attached hydrogen (secondary N) is 2. The molecule has 0 aliphatic rings. The number of aromatic nitrogens is 2. The predicted octanol–water partition coefficient (Wildman–Crippen LogP) is 4.12. The summed E-state index contributed by atoms with van der Waals surface area (Å²) in [5.41, 5.74) is 0.647. The van der Waals surface area contributed by atoms with Gasteiger partial charge in [-0.25, -0.2) is 9.59 Å². The number of rotatable bonds is 7. The number of hydrogen-bond donors (Lipinski definition) is 2. The number of carbonyl (C=O) groups excluding carboxylic acids is 1. The molecule has 0 radical (unpaired) electrons. The van der Waals surface area contributed by atoms with Crippen LogP contribution in [0.15, 0.2) is 53.3 Å². The lowest BCUT2D eigenvalue weighted by atomic mass is 10.2. The molecule has 3 rings (SSSR count). The van der Waals surface area contributed by atoms with E-state index in [2.05, 4.69) is 15.6 Å². The molecule has 3 aromatic rings. The number of halogens is 1. The first kappa shape index (κ1) is 19.9.